The summed E-state index contributed by atoms with van der Waals surface area (Å²) in [7, 11) is 0. The highest BCUT2D eigenvalue weighted by atomic mass is 35.5. The number of nitriles is 1. The quantitative estimate of drug-likeness (QED) is 0.894. The number of pyridine rings is 1. The van der Waals surface area contributed by atoms with Gasteiger partial charge in [0, 0.05) is 17.3 Å². The van der Waals surface area contributed by atoms with Crippen molar-refractivity contribution < 1.29 is 14.3 Å². The van der Waals surface area contributed by atoms with Gasteiger partial charge in [-0.15, -0.1) is 0 Å². The van der Waals surface area contributed by atoms with Crippen molar-refractivity contribution in [1.82, 2.24) is 4.98 Å². The lowest BCUT2D eigenvalue weighted by molar-refractivity contribution is -0.117. The van der Waals surface area contributed by atoms with Crippen LogP contribution in [0.2, 0.25) is 5.02 Å². The maximum absolute atomic E-state index is 12.1. The maximum atomic E-state index is 12.1. The fraction of sp³-hybridized carbons (Fsp3) is 0.333. The predicted octanol–water partition coefficient (Wildman–Crippen LogP) is 3.33. The number of rotatable bonds is 3. The summed E-state index contributed by atoms with van der Waals surface area (Å²) in [4.78, 5) is 29.8. The molecular weight excluding hydrogens is 356 g/mol. The molecule has 3 atom stereocenters. The Bertz CT molecular complexity index is 971. The Morgan fingerprint density at radius 2 is 2.27 bits per heavy atom. The number of halogens is 1. The molecule has 2 aliphatic rings. The van der Waals surface area contributed by atoms with Crippen LogP contribution in [0, 0.1) is 23.2 Å². The summed E-state index contributed by atoms with van der Waals surface area (Å²) in [5.41, 5.74) is 0.632. The number of anilines is 2. The monoisotopic (exact) mass is 370 g/mol. The Balaban J connectivity index is 1.65. The van der Waals surface area contributed by atoms with E-state index < -0.39 is 6.09 Å². The van der Waals surface area contributed by atoms with Crippen molar-refractivity contribution in [3.05, 3.63) is 29.4 Å². The van der Waals surface area contributed by atoms with Gasteiger partial charge in [-0.2, -0.15) is 5.26 Å². The normalized spacial score (nSPS) is 24.3. The molecule has 0 radical (unpaired) electrons. The molecule has 2 aromatic rings. The number of ether oxygens (including phenoxy) is 1. The number of hydrogen-bond acceptors (Lipinski definition) is 5. The molecule has 0 spiro atoms. The van der Waals surface area contributed by atoms with Crippen molar-refractivity contribution in [3.63, 3.8) is 0 Å². The third-order valence-corrected chi connectivity index (χ3v) is 4.99. The van der Waals surface area contributed by atoms with Gasteiger partial charge in [-0.3, -0.25) is 9.69 Å². The second-order valence-electron chi connectivity index (χ2n) is 6.58. The molecule has 1 aliphatic heterocycles. The van der Waals surface area contributed by atoms with Gasteiger partial charge in [0.1, 0.15) is 12.4 Å². The third-order valence-electron chi connectivity index (χ3n) is 4.68. The number of hydrogen-bond donors (Lipinski definition) is 1. The van der Waals surface area contributed by atoms with Crippen LogP contribution in [0.5, 0.6) is 0 Å². The van der Waals surface area contributed by atoms with Crippen LogP contribution in [0.4, 0.5) is 16.3 Å². The van der Waals surface area contributed by atoms with E-state index in [2.05, 4.69) is 16.4 Å². The van der Waals surface area contributed by atoms with E-state index in [1.807, 2.05) is 13.0 Å². The van der Waals surface area contributed by atoms with Gasteiger partial charge in [-0.05, 0) is 36.9 Å². The van der Waals surface area contributed by atoms with Crippen LogP contribution in [0.25, 0.3) is 10.8 Å². The molecule has 1 unspecified atom stereocenters. The van der Waals surface area contributed by atoms with Crippen LogP contribution in [0.15, 0.2) is 24.4 Å². The Hall–Kier alpha value is -2.85. The van der Waals surface area contributed by atoms with E-state index in [-0.39, 0.29) is 23.8 Å². The van der Waals surface area contributed by atoms with Crippen molar-refractivity contribution in [2.24, 2.45) is 11.8 Å². The minimum Gasteiger partial charge on any atom is -0.447 e. The predicted molar refractivity (Wildman–Crippen MR) is 95.9 cm³/mol. The molecule has 1 aromatic heterocycles. The van der Waals surface area contributed by atoms with Gasteiger partial charge in [-0.25, -0.2) is 9.78 Å². The first-order chi connectivity index (χ1) is 12.5. The zero-order valence-corrected chi connectivity index (χ0v) is 14.7. The highest BCUT2D eigenvalue weighted by Crippen LogP contribution is 2.39. The van der Waals surface area contributed by atoms with Gasteiger partial charge in [0.05, 0.1) is 29.0 Å². The molecule has 0 bridgehead atoms. The average Bonchev–Trinajstić information content (AvgIpc) is 3.33. The standard InChI is InChI=1S/C18H15ClN4O3/c1-9-8-26-18(25)23(9)12-2-10-4-16(21-7-14(10)15(19)5-12)22-17(24)13-3-11(13)6-20/h2,4-5,7,9,11,13H,3,8H2,1H3,(H,21,22,24)/t9-,11?,13-/m1/s1. The van der Waals surface area contributed by atoms with E-state index in [9.17, 15) is 9.59 Å². The topological polar surface area (TPSA) is 95.3 Å². The first kappa shape index (κ1) is 16.6. The van der Waals surface area contributed by atoms with Gasteiger partial charge in [0.15, 0.2) is 0 Å². The average molecular weight is 371 g/mol. The van der Waals surface area contributed by atoms with Crippen molar-refractivity contribution in [2.45, 2.75) is 19.4 Å². The van der Waals surface area contributed by atoms with E-state index in [0.717, 1.165) is 10.8 Å². The van der Waals surface area contributed by atoms with Crippen LogP contribution in [-0.4, -0.2) is 29.6 Å². The molecule has 26 heavy (non-hydrogen) atoms. The minimum atomic E-state index is -0.410. The van der Waals surface area contributed by atoms with E-state index in [4.69, 9.17) is 21.6 Å². The smallest absolute Gasteiger partial charge is 0.414 e. The van der Waals surface area contributed by atoms with Gasteiger partial charge in [0.2, 0.25) is 5.91 Å². The Morgan fingerprint density at radius 1 is 1.46 bits per heavy atom. The SMILES string of the molecule is C[C@@H]1COC(=O)N1c1cc(Cl)c2cnc(NC(=O)[C@@H]3CC3C#N)cc2c1. The lowest BCUT2D eigenvalue weighted by atomic mass is 10.1. The summed E-state index contributed by atoms with van der Waals surface area (Å²) in [6, 6.07) is 7.23. The number of amides is 2. The molecule has 4 rings (SSSR count). The van der Waals surface area contributed by atoms with Gasteiger partial charge in [0.25, 0.3) is 0 Å². The third kappa shape index (κ3) is 2.82. The van der Waals surface area contributed by atoms with Crippen LogP contribution >= 0.6 is 11.6 Å². The summed E-state index contributed by atoms with van der Waals surface area (Å²) >= 11 is 6.35. The Kier molecular flexibility index (Phi) is 3.93. The van der Waals surface area contributed by atoms with Gasteiger partial charge >= 0.3 is 6.09 Å². The number of carbonyl (C=O) groups is 2. The summed E-state index contributed by atoms with van der Waals surface area (Å²) in [5.74, 6) is -0.300. The fourth-order valence-electron chi connectivity index (χ4n) is 3.13. The molecule has 1 N–H and O–H groups in total. The number of fused-ring (bicyclic) bond motifs is 1. The van der Waals surface area contributed by atoms with E-state index in [1.165, 1.54) is 0 Å². The van der Waals surface area contributed by atoms with E-state index >= 15 is 0 Å². The summed E-state index contributed by atoms with van der Waals surface area (Å²) in [5, 5.41) is 13.5. The van der Waals surface area contributed by atoms with E-state index in [1.54, 1.807) is 23.2 Å². The fourth-order valence-corrected chi connectivity index (χ4v) is 3.40. The lowest BCUT2D eigenvalue weighted by Crippen LogP contribution is -2.30. The zero-order valence-electron chi connectivity index (χ0n) is 13.9. The molecule has 2 amide bonds. The van der Waals surface area contributed by atoms with Gasteiger partial charge < -0.3 is 10.1 Å². The second kappa shape index (κ2) is 6.15. The molecule has 7 nitrogen and oxygen atoms in total. The Morgan fingerprint density at radius 3 is 2.92 bits per heavy atom. The van der Waals surface area contributed by atoms with Crippen LogP contribution in [0.1, 0.15) is 13.3 Å². The minimum absolute atomic E-state index is 0.0881. The van der Waals surface area contributed by atoms with Crippen molar-refractivity contribution in [3.8, 4) is 6.07 Å². The summed E-state index contributed by atoms with van der Waals surface area (Å²) in [6.07, 6.45) is 1.75. The van der Waals surface area contributed by atoms with Crippen molar-refractivity contribution in [2.75, 3.05) is 16.8 Å². The molecule has 1 saturated heterocycles. The number of nitrogens with zero attached hydrogens (tertiary/aromatic N) is 3. The Labute approximate surface area is 154 Å². The van der Waals surface area contributed by atoms with Crippen molar-refractivity contribution >= 4 is 45.9 Å². The lowest BCUT2D eigenvalue weighted by Gasteiger charge is -2.19. The second-order valence-corrected chi connectivity index (χ2v) is 6.99. The highest BCUT2D eigenvalue weighted by molar-refractivity contribution is 6.36. The maximum Gasteiger partial charge on any atom is 0.414 e. The zero-order chi connectivity index (χ0) is 18.4. The van der Waals surface area contributed by atoms with Crippen LogP contribution < -0.4 is 10.2 Å². The number of nitrogens with one attached hydrogen (secondary N) is 1. The molecule has 8 heteroatoms. The van der Waals surface area contributed by atoms with Crippen LogP contribution in [0.3, 0.4) is 0 Å². The number of carbonyl (C=O) groups excluding carboxylic acids is 2. The highest BCUT2D eigenvalue weighted by Gasteiger charge is 2.43. The number of cyclic esters (lactones) is 1. The summed E-state index contributed by atoms with van der Waals surface area (Å²) < 4.78 is 5.06. The van der Waals surface area contributed by atoms with Crippen LogP contribution in [-0.2, 0) is 9.53 Å². The molecule has 2 heterocycles. The molecule has 2 fully saturated rings. The van der Waals surface area contributed by atoms with E-state index in [0.29, 0.717) is 29.6 Å². The number of benzene rings is 1. The molecule has 1 aromatic carbocycles. The first-order valence-corrected chi connectivity index (χ1v) is 8.61. The molecular formula is C18H15ClN4O3. The molecule has 1 aliphatic carbocycles. The van der Waals surface area contributed by atoms with Crippen molar-refractivity contribution in [1.29, 1.82) is 5.26 Å². The summed E-state index contributed by atoms with van der Waals surface area (Å²) in [6.45, 7) is 2.22. The first-order valence-electron chi connectivity index (χ1n) is 8.23. The molecule has 132 valence electrons. The van der Waals surface area contributed by atoms with Gasteiger partial charge in [-0.1, -0.05) is 11.6 Å². The largest absolute Gasteiger partial charge is 0.447 e. The molecule has 1 saturated carbocycles. The number of aromatic nitrogens is 1.